The van der Waals surface area contributed by atoms with Crippen molar-refractivity contribution in [3.8, 4) is 16.9 Å². The van der Waals surface area contributed by atoms with Gasteiger partial charge >= 0.3 is 11.9 Å². The molecular formula is C23H19Cl2F4N5O3. The highest BCUT2D eigenvalue weighted by Gasteiger charge is 2.39. The Morgan fingerprint density at radius 1 is 1.08 bits per heavy atom. The molecule has 8 nitrogen and oxygen atoms in total. The molecule has 0 aliphatic heterocycles. The smallest absolute Gasteiger partial charge is 0.385 e. The van der Waals surface area contributed by atoms with E-state index in [2.05, 4.69) is 10.1 Å². The lowest BCUT2D eigenvalue weighted by atomic mass is 10.1. The first-order chi connectivity index (χ1) is 17.3. The zero-order valence-corrected chi connectivity index (χ0v) is 20.5. The molecule has 0 spiro atoms. The second-order valence-electron chi connectivity index (χ2n) is 8.17. The van der Waals surface area contributed by atoms with E-state index < -0.39 is 36.4 Å². The number of aromatic nitrogens is 5. The largest absolute Gasteiger partial charge is 0.416 e. The minimum absolute atomic E-state index is 0.0367. The molecule has 1 unspecified atom stereocenters. The SMILES string of the molecule is C[C@H](O)c1nc(Cn2cc(-c3ccc(Cl)cc3)n(CC(O)C(F)(F)F)c2=O)nn1-c1ccc(F)c(Cl)c1. The van der Waals surface area contributed by atoms with Gasteiger partial charge in [-0.1, -0.05) is 35.3 Å². The molecule has 196 valence electrons. The number of nitrogens with zero attached hydrogens (tertiary/aromatic N) is 5. The van der Waals surface area contributed by atoms with Crippen LogP contribution >= 0.6 is 23.2 Å². The number of hydrogen-bond donors (Lipinski definition) is 2. The highest BCUT2D eigenvalue weighted by Crippen LogP contribution is 2.26. The van der Waals surface area contributed by atoms with Crippen LogP contribution in [-0.2, 0) is 13.1 Å². The summed E-state index contributed by atoms with van der Waals surface area (Å²) in [6, 6.07) is 9.82. The number of aliphatic hydroxyl groups is 2. The Hall–Kier alpha value is -3.19. The van der Waals surface area contributed by atoms with E-state index in [0.29, 0.717) is 16.3 Å². The average molecular weight is 560 g/mol. The first-order valence-electron chi connectivity index (χ1n) is 10.7. The molecule has 2 N–H and O–H groups in total. The molecule has 2 atom stereocenters. The lowest BCUT2D eigenvalue weighted by Crippen LogP contribution is -2.37. The summed E-state index contributed by atoms with van der Waals surface area (Å²) in [6.45, 7) is 0.105. The molecular weight excluding hydrogens is 541 g/mol. The molecule has 0 fully saturated rings. The van der Waals surface area contributed by atoms with Crippen LogP contribution in [-0.4, -0.2) is 46.4 Å². The first-order valence-corrected chi connectivity index (χ1v) is 11.5. The number of hydrogen-bond acceptors (Lipinski definition) is 5. The van der Waals surface area contributed by atoms with Crippen molar-refractivity contribution in [2.24, 2.45) is 0 Å². The predicted octanol–water partition coefficient (Wildman–Crippen LogP) is 4.37. The van der Waals surface area contributed by atoms with Crippen LogP contribution in [0.4, 0.5) is 17.6 Å². The maximum atomic E-state index is 13.6. The van der Waals surface area contributed by atoms with Crippen molar-refractivity contribution in [2.75, 3.05) is 0 Å². The van der Waals surface area contributed by atoms with Crippen LogP contribution in [0, 0.1) is 5.82 Å². The molecule has 0 aliphatic carbocycles. The maximum absolute atomic E-state index is 13.6. The van der Waals surface area contributed by atoms with Crippen molar-refractivity contribution in [1.82, 2.24) is 23.9 Å². The lowest BCUT2D eigenvalue weighted by molar-refractivity contribution is -0.207. The summed E-state index contributed by atoms with van der Waals surface area (Å²) in [4.78, 5) is 17.4. The van der Waals surface area contributed by atoms with Crippen molar-refractivity contribution >= 4 is 23.2 Å². The van der Waals surface area contributed by atoms with Gasteiger partial charge < -0.3 is 10.2 Å². The first kappa shape index (κ1) is 26.9. The Bertz CT molecular complexity index is 1480. The molecule has 0 saturated heterocycles. The Morgan fingerprint density at radius 2 is 1.76 bits per heavy atom. The van der Waals surface area contributed by atoms with E-state index in [4.69, 9.17) is 23.2 Å². The number of rotatable bonds is 7. The van der Waals surface area contributed by atoms with Crippen LogP contribution in [0.25, 0.3) is 16.9 Å². The fourth-order valence-electron chi connectivity index (χ4n) is 3.61. The van der Waals surface area contributed by atoms with E-state index in [-0.39, 0.29) is 28.9 Å². The molecule has 4 rings (SSSR count). The quantitative estimate of drug-likeness (QED) is 0.328. The van der Waals surface area contributed by atoms with Gasteiger partial charge in [-0.15, -0.1) is 5.10 Å². The van der Waals surface area contributed by atoms with E-state index in [1.165, 1.54) is 54.2 Å². The highest BCUT2D eigenvalue weighted by atomic mass is 35.5. The molecule has 0 amide bonds. The molecule has 2 heterocycles. The summed E-state index contributed by atoms with van der Waals surface area (Å²) < 4.78 is 55.9. The maximum Gasteiger partial charge on any atom is 0.416 e. The number of halogens is 6. The van der Waals surface area contributed by atoms with E-state index in [1.54, 1.807) is 0 Å². The molecule has 0 aliphatic rings. The minimum Gasteiger partial charge on any atom is -0.385 e. The van der Waals surface area contributed by atoms with Crippen molar-refractivity contribution in [3.05, 3.63) is 86.7 Å². The normalized spacial score (nSPS) is 13.6. The summed E-state index contributed by atoms with van der Waals surface area (Å²) in [5, 5.41) is 24.3. The van der Waals surface area contributed by atoms with Gasteiger partial charge in [0.1, 0.15) is 11.9 Å². The van der Waals surface area contributed by atoms with Gasteiger partial charge in [0.05, 0.1) is 29.5 Å². The number of aliphatic hydroxyl groups excluding tert-OH is 2. The Labute approximate surface area is 216 Å². The monoisotopic (exact) mass is 559 g/mol. The third-order valence-corrected chi connectivity index (χ3v) is 5.97. The number of imidazole rings is 1. The van der Waals surface area contributed by atoms with Gasteiger partial charge in [-0.3, -0.25) is 9.13 Å². The number of benzene rings is 2. The standard InChI is InChI=1S/C23H19Cl2F4N5O3/c1-12(35)21-30-20(31-34(21)15-6-7-17(26)16(25)8-15)11-32-9-18(13-2-4-14(24)5-3-13)33(22(32)37)10-19(36)23(27,28)29/h2-9,12,19,35-36H,10-11H2,1H3/t12-,19?/m0/s1. The van der Waals surface area contributed by atoms with Crippen LogP contribution in [0.1, 0.15) is 24.7 Å². The third kappa shape index (κ3) is 5.72. The highest BCUT2D eigenvalue weighted by molar-refractivity contribution is 6.31. The Morgan fingerprint density at radius 3 is 2.35 bits per heavy atom. The van der Waals surface area contributed by atoms with Gasteiger partial charge in [0.2, 0.25) is 0 Å². The third-order valence-electron chi connectivity index (χ3n) is 5.43. The summed E-state index contributed by atoms with van der Waals surface area (Å²) in [5.41, 5.74) is -0.0710. The fraction of sp³-hybridized carbons (Fsp3) is 0.261. The van der Waals surface area contributed by atoms with Gasteiger partial charge in [0.25, 0.3) is 0 Å². The van der Waals surface area contributed by atoms with Gasteiger partial charge in [-0.2, -0.15) is 13.2 Å². The lowest BCUT2D eigenvalue weighted by Gasteiger charge is -2.16. The zero-order chi connectivity index (χ0) is 27.1. The Kier molecular flexibility index (Phi) is 7.47. The molecule has 0 saturated carbocycles. The van der Waals surface area contributed by atoms with Crippen LogP contribution in [0.5, 0.6) is 0 Å². The van der Waals surface area contributed by atoms with Crippen LogP contribution in [0.3, 0.4) is 0 Å². The summed E-state index contributed by atoms with van der Waals surface area (Å²) in [6.07, 6.45) is -7.53. The van der Waals surface area contributed by atoms with Crippen molar-refractivity contribution < 1.29 is 27.8 Å². The van der Waals surface area contributed by atoms with E-state index >= 15 is 0 Å². The molecule has 4 aromatic rings. The van der Waals surface area contributed by atoms with E-state index in [0.717, 1.165) is 15.2 Å². The molecule has 2 aromatic heterocycles. The topological polar surface area (TPSA) is 98.1 Å². The zero-order valence-electron chi connectivity index (χ0n) is 19.0. The van der Waals surface area contributed by atoms with Gasteiger partial charge in [0, 0.05) is 11.2 Å². The molecule has 2 aromatic carbocycles. The van der Waals surface area contributed by atoms with E-state index in [1.807, 2.05) is 0 Å². The second-order valence-corrected chi connectivity index (χ2v) is 9.02. The summed E-state index contributed by atoms with van der Waals surface area (Å²) >= 11 is 11.8. The van der Waals surface area contributed by atoms with Gasteiger partial charge in [-0.25, -0.2) is 18.9 Å². The molecule has 0 radical (unpaired) electrons. The average Bonchev–Trinajstić information content (AvgIpc) is 3.38. The van der Waals surface area contributed by atoms with Crippen molar-refractivity contribution in [1.29, 1.82) is 0 Å². The van der Waals surface area contributed by atoms with Gasteiger partial charge in [0.15, 0.2) is 17.8 Å². The van der Waals surface area contributed by atoms with Crippen molar-refractivity contribution in [2.45, 2.75) is 38.4 Å². The summed E-state index contributed by atoms with van der Waals surface area (Å²) in [7, 11) is 0. The molecule has 37 heavy (non-hydrogen) atoms. The van der Waals surface area contributed by atoms with Crippen molar-refractivity contribution in [3.63, 3.8) is 0 Å². The van der Waals surface area contributed by atoms with Crippen LogP contribution < -0.4 is 5.69 Å². The predicted molar refractivity (Wildman–Crippen MR) is 127 cm³/mol. The second kappa shape index (κ2) is 10.3. The van der Waals surface area contributed by atoms with Crippen LogP contribution in [0.2, 0.25) is 10.0 Å². The van der Waals surface area contributed by atoms with E-state index in [9.17, 15) is 32.6 Å². The van der Waals surface area contributed by atoms with Crippen LogP contribution in [0.15, 0.2) is 53.5 Å². The molecule has 0 bridgehead atoms. The molecule has 14 heteroatoms. The number of alkyl halides is 3. The summed E-state index contributed by atoms with van der Waals surface area (Å²) in [5.74, 6) is -0.557. The fourth-order valence-corrected chi connectivity index (χ4v) is 3.91. The van der Waals surface area contributed by atoms with Gasteiger partial charge in [-0.05, 0) is 42.8 Å². The Balaban J connectivity index is 1.77. The minimum atomic E-state index is -4.94.